The number of benzene rings is 1. The third-order valence-corrected chi connectivity index (χ3v) is 7.34. The molecule has 1 atom stereocenters. The van der Waals surface area contributed by atoms with Crippen molar-refractivity contribution >= 4 is 38.1 Å². The van der Waals surface area contributed by atoms with Gasteiger partial charge in [0.1, 0.15) is 6.10 Å². The van der Waals surface area contributed by atoms with Crippen LogP contribution in [0.3, 0.4) is 0 Å². The second kappa shape index (κ2) is 13.5. The van der Waals surface area contributed by atoms with Crippen LogP contribution in [0.1, 0.15) is 24.3 Å². The Morgan fingerprint density at radius 1 is 1.26 bits per heavy atom. The number of hydrogen-bond donors (Lipinski definition) is 2. The number of thiazole rings is 1. The number of amides is 1. The number of likely N-dealkylation sites (N-methyl/N-ethyl adjacent to an activating group) is 1. The van der Waals surface area contributed by atoms with Crippen molar-refractivity contribution in [2.75, 3.05) is 45.8 Å². The summed E-state index contributed by atoms with van der Waals surface area (Å²) in [6.07, 6.45) is 1.18. The molecular weight excluding hydrogens is 484 g/mol. The average molecular weight is 515 g/mol. The maximum Gasteiger partial charge on any atom is 0.280 e. The standard InChI is InChI=1S/C21H30N4O7S2/c1-5-25(10-11-26)34(28,29)18-8-6-16(7-9-18)19(24-32-15(2)13-30-3)20(27)23-21-22-12-17(33-21)14-31-4/h6-9,12,15,26H,5,10-11,13-14H2,1-4H3,(H,22,23,27)/b24-19+/t15-/m1/s1. The SMILES string of the molecule is CCN(CCO)S(=O)(=O)c1ccc(/C(=N\O[C@H](C)COC)C(=O)Nc2ncc(COC)s2)cc1. The van der Waals surface area contributed by atoms with E-state index in [2.05, 4.69) is 15.5 Å². The first-order valence-corrected chi connectivity index (χ1v) is 12.7. The fourth-order valence-corrected chi connectivity index (χ4v) is 5.08. The molecule has 1 aromatic carbocycles. The van der Waals surface area contributed by atoms with Gasteiger partial charge >= 0.3 is 0 Å². The molecule has 0 bridgehead atoms. The normalized spacial score (nSPS) is 13.2. The molecule has 0 spiro atoms. The highest BCUT2D eigenvalue weighted by Crippen LogP contribution is 2.20. The minimum absolute atomic E-state index is 0.0141. The van der Waals surface area contributed by atoms with E-state index < -0.39 is 22.0 Å². The fraction of sp³-hybridized carbons (Fsp3) is 0.476. The molecule has 2 aromatic rings. The van der Waals surface area contributed by atoms with Gasteiger partial charge in [0, 0.05) is 39.1 Å². The lowest BCUT2D eigenvalue weighted by Gasteiger charge is -2.19. The van der Waals surface area contributed by atoms with E-state index in [0.717, 1.165) is 4.88 Å². The molecule has 13 heteroatoms. The van der Waals surface area contributed by atoms with E-state index in [1.165, 1.54) is 47.0 Å². The molecule has 0 fully saturated rings. The number of methoxy groups -OCH3 is 2. The first-order valence-electron chi connectivity index (χ1n) is 10.5. The second-order valence-electron chi connectivity index (χ2n) is 7.07. The van der Waals surface area contributed by atoms with E-state index in [-0.39, 0.29) is 36.9 Å². The van der Waals surface area contributed by atoms with Crippen molar-refractivity contribution in [3.8, 4) is 0 Å². The van der Waals surface area contributed by atoms with Crippen molar-refractivity contribution in [3.63, 3.8) is 0 Å². The van der Waals surface area contributed by atoms with Gasteiger partial charge in [0.05, 0.1) is 29.6 Å². The lowest BCUT2D eigenvalue weighted by Crippen LogP contribution is -2.33. The molecule has 0 unspecified atom stereocenters. The van der Waals surface area contributed by atoms with Crippen molar-refractivity contribution in [1.82, 2.24) is 9.29 Å². The van der Waals surface area contributed by atoms with E-state index in [9.17, 15) is 13.2 Å². The predicted octanol–water partition coefficient (Wildman–Crippen LogP) is 1.69. The third kappa shape index (κ3) is 7.55. The van der Waals surface area contributed by atoms with Crippen LogP contribution in [0.5, 0.6) is 0 Å². The quantitative estimate of drug-likeness (QED) is 0.287. The van der Waals surface area contributed by atoms with Gasteiger partial charge in [-0.2, -0.15) is 4.31 Å². The Morgan fingerprint density at radius 3 is 2.56 bits per heavy atom. The van der Waals surface area contributed by atoms with Crippen LogP contribution in [0, 0.1) is 0 Å². The van der Waals surface area contributed by atoms with Crippen LogP contribution in [-0.4, -0.2) is 81.1 Å². The zero-order chi connectivity index (χ0) is 25.1. The maximum absolute atomic E-state index is 13.0. The molecule has 0 aliphatic carbocycles. The number of anilines is 1. The van der Waals surface area contributed by atoms with Crippen LogP contribution >= 0.6 is 11.3 Å². The fourth-order valence-electron chi connectivity index (χ4n) is 2.86. The molecule has 0 radical (unpaired) electrons. The van der Waals surface area contributed by atoms with Crippen LogP contribution < -0.4 is 5.32 Å². The van der Waals surface area contributed by atoms with Crippen LogP contribution in [0.4, 0.5) is 5.13 Å². The first-order chi connectivity index (χ1) is 16.3. The topological polar surface area (TPSA) is 140 Å². The van der Waals surface area contributed by atoms with Gasteiger partial charge in [-0.25, -0.2) is 13.4 Å². The number of aliphatic hydroxyl groups is 1. The van der Waals surface area contributed by atoms with Gasteiger partial charge in [-0.15, -0.1) is 0 Å². The van der Waals surface area contributed by atoms with Crippen molar-refractivity contribution < 1.29 is 32.6 Å². The van der Waals surface area contributed by atoms with E-state index in [1.807, 2.05) is 0 Å². The zero-order valence-corrected chi connectivity index (χ0v) is 21.2. The van der Waals surface area contributed by atoms with Crippen molar-refractivity contribution in [2.45, 2.75) is 31.5 Å². The second-order valence-corrected chi connectivity index (χ2v) is 10.1. The Hall–Kier alpha value is -2.42. The summed E-state index contributed by atoms with van der Waals surface area (Å²) in [4.78, 5) is 23.4. The first kappa shape index (κ1) is 27.8. The van der Waals surface area contributed by atoms with Gasteiger partial charge in [0.2, 0.25) is 10.0 Å². The van der Waals surface area contributed by atoms with Gasteiger partial charge in [-0.05, 0) is 19.1 Å². The maximum atomic E-state index is 13.0. The minimum atomic E-state index is -3.80. The monoisotopic (exact) mass is 514 g/mol. The number of nitrogens with zero attached hydrogens (tertiary/aromatic N) is 3. The van der Waals surface area contributed by atoms with Gasteiger partial charge in [-0.1, -0.05) is 35.5 Å². The molecule has 1 heterocycles. The average Bonchev–Trinajstić information content (AvgIpc) is 3.25. The largest absolute Gasteiger partial charge is 0.395 e. The number of carbonyl (C=O) groups is 1. The number of oxime groups is 1. The van der Waals surface area contributed by atoms with Crippen molar-refractivity contribution in [1.29, 1.82) is 0 Å². The Morgan fingerprint density at radius 2 is 1.97 bits per heavy atom. The highest BCUT2D eigenvalue weighted by Gasteiger charge is 2.24. The summed E-state index contributed by atoms with van der Waals surface area (Å²) in [6, 6.07) is 5.71. The number of aliphatic hydroxyl groups excluding tert-OH is 1. The Kier molecular flexibility index (Phi) is 11.0. The van der Waals surface area contributed by atoms with Gasteiger partial charge in [0.15, 0.2) is 10.8 Å². The van der Waals surface area contributed by atoms with E-state index >= 15 is 0 Å². The summed E-state index contributed by atoms with van der Waals surface area (Å²) in [5, 5.41) is 16.2. The minimum Gasteiger partial charge on any atom is -0.395 e. The molecule has 1 amide bonds. The van der Waals surface area contributed by atoms with E-state index in [0.29, 0.717) is 17.3 Å². The molecule has 0 aliphatic heterocycles. The number of ether oxygens (including phenoxy) is 2. The zero-order valence-electron chi connectivity index (χ0n) is 19.6. The van der Waals surface area contributed by atoms with Crippen LogP contribution in [0.15, 0.2) is 40.5 Å². The number of hydrogen-bond acceptors (Lipinski definition) is 10. The van der Waals surface area contributed by atoms with Crippen molar-refractivity contribution in [3.05, 3.63) is 40.9 Å². The summed E-state index contributed by atoms with van der Waals surface area (Å²) in [7, 11) is -0.711. The smallest absolute Gasteiger partial charge is 0.280 e. The lowest BCUT2D eigenvalue weighted by atomic mass is 10.1. The van der Waals surface area contributed by atoms with Crippen LogP contribution in [0.2, 0.25) is 0 Å². The van der Waals surface area contributed by atoms with E-state index in [4.69, 9.17) is 19.4 Å². The van der Waals surface area contributed by atoms with Crippen LogP contribution in [-0.2, 0) is 35.7 Å². The molecule has 34 heavy (non-hydrogen) atoms. The lowest BCUT2D eigenvalue weighted by molar-refractivity contribution is -0.110. The number of aromatic nitrogens is 1. The van der Waals surface area contributed by atoms with Gasteiger partial charge in [-0.3, -0.25) is 10.1 Å². The molecular formula is C21H30N4O7S2. The third-order valence-electron chi connectivity index (χ3n) is 4.47. The molecule has 11 nitrogen and oxygen atoms in total. The molecule has 0 saturated heterocycles. The van der Waals surface area contributed by atoms with Crippen LogP contribution in [0.25, 0.3) is 0 Å². The molecule has 188 valence electrons. The highest BCUT2D eigenvalue weighted by molar-refractivity contribution is 7.89. The molecule has 2 rings (SSSR count). The number of carbonyl (C=O) groups excluding carboxylic acids is 1. The molecule has 2 N–H and O–H groups in total. The summed E-state index contributed by atoms with van der Waals surface area (Å²) < 4.78 is 36.9. The van der Waals surface area contributed by atoms with E-state index in [1.54, 1.807) is 27.2 Å². The summed E-state index contributed by atoms with van der Waals surface area (Å²) in [5.41, 5.74) is 0.290. The Balaban J connectivity index is 2.32. The molecule has 1 aromatic heterocycles. The Labute approximate surface area is 203 Å². The summed E-state index contributed by atoms with van der Waals surface area (Å²) in [5.74, 6) is -0.575. The highest BCUT2D eigenvalue weighted by atomic mass is 32.2. The van der Waals surface area contributed by atoms with Crippen molar-refractivity contribution in [2.24, 2.45) is 5.16 Å². The Bertz CT molecular complexity index is 1060. The number of sulfonamides is 1. The summed E-state index contributed by atoms with van der Waals surface area (Å²) >= 11 is 1.26. The number of rotatable bonds is 14. The van der Waals surface area contributed by atoms with Gasteiger partial charge in [0.25, 0.3) is 5.91 Å². The molecule has 0 aliphatic rings. The molecule has 0 saturated carbocycles. The summed E-state index contributed by atoms with van der Waals surface area (Å²) in [6.45, 7) is 3.96. The number of nitrogens with one attached hydrogen (secondary N) is 1. The predicted molar refractivity (Wildman–Crippen MR) is 128 cm³/mol. The van der Waals surface area contributed by atoms with Gasteiger partial charge < -0.3 is 19.4 Å².